The highest BCUT2D eigenvalue weighted by Gasteiger charge is 2.43. The van der Waals surface area contributed by atoms with Crippen molar-refractivity contribution in [2.75, 3.05) is 0 Å². The van der Waals surface area contributed by atoms with Crippen LogP contribution in [0.3, 0.4) is 0 Å². The lowest BCUT2D eigenvalue weighted by molar-refractivity contribution is -0.147. The zero-order chi connectivity index (χ0) is 15.9. The molecule has 0 saturated carbocycles. The van der Waals surface area contributed by atoms with Crippen molar-refractivity contribution in [2.24, 2.45) is 5.41 Å². The lowest BCUT2D eigenvalue weighted by Gasteiger charge is -2.36. The lowest BCUT2D eigenvalue weighted by Crippen LogP contribution is -2.33. The average Bonchev–Trinajstić information content (AvgIpc) is 2.51. The van der Waals surface area contributed by atoms with Crippen molar-refractivity contribution in [1.29, 1.82) is 0 Å². The third-order valence-electron chi connectivity index (χ3n) is 4.11. The highest BCUT2D eigenvalue weighted by atomic mass is 19.3. The summed E-state index contributed by atoms with van der Waals surface area (Å²) in [7, 11) is 0. The number of ether oxygens (including phenoxy) is 1. The first kappa shape index (κ1) is 14.4. The molecule has 3 rings (SSSR count). The van der Waals surface area contributed by atoms with Gasteiger partial charge in [0, 0.05) is 27.6 Å². The summed E-state index contributed by atoms with van der Waals surface area (Å²) in [4.78, 5) is 15.5. The summed E-state index contributed by atoms with van der Waals surface area (Å²) in [5.41, 5.74) is 0.454. The SMILES string of the molecule is CC(C)(C(=O)O)C1c2ccccc2Oc2cc(OF)ccc21. The zero-order valence-electron chi connectivity index (χ0n) is 12.2. The van der Waals surface area contributed by atoms with Gasteiger partial charge in [0.1, 0.15) is 11.5 Å². The van der Waals surface area contributed by atoms with Crippen molar-refractivity contribution in [3.63, 3.8) is 0 Å². The van der Waals surface area contributed by atoms with Gasteiger partial charge in [-0.1, -0.05) is 24.3 Å². The number of halogens is 1. The van der Waals surface area contributed by atoms with Crippen molar-refractivity contribution in [1.82, 2.24) is 0 Å². The van der Waals surface area contributed by atoms with E-state index in [1.807, 2.05) is 18.2 Å². The molecule has 0 spiro atoms. The van der Waals surface area contributed by atoms with Crippen LogP contribution in [0.25, 0.3) is 0 Å². The van der Waals surface area contributed by atoms with Crippen LogP contribution in [-0.4, -0.2) is 11.1 Å². The number of benzene rings is 2. The van der Waals surface area contributed by atoms with Gasteiger partial charge in [0.2, 0.25) is 0 Å². The van der Waals surface area contributed by atoms with Crippen molar-refractivity contribution in [2.45, 2.75) is 19.8 Å². The highest BCUT2D eigenvalue weighted by molar-refractivity contribution is 5.77. The largest absolute Gasteiger partial charge is 0.481 e. The molecule has 0 saturated heterocycles. The normalized spacial score (nSPS) is 16.2. The lowest BCUT2D eigenvalue weighted by atomic mass is 9.70. The second-order valence-corrected chi connectivity index (χ2v) is 5.88. The van der Waals surface area contributed by atoms with E-state index in [2.05, 4.69) is 4.94 Å². The summed E-state index contributed by atoms with van der Waals surface area (Å²) < 4.78 is 18.2. The van der Waals surface area contributed by atoms with Gasteiger partial charge in [-0.15, -0.1) is 0 Å². The van der Waals surface area contributed by atoms with Gasteiger partial charge >= 0.3 is 5.97 Å². The van der Waals surface area contributed by atoms with Crippen LogP contribution >= 0.6 is 0 Å². The van der Waals surface area contributed by atoms with Crippen LogP contribution in [-0.2, 0) is 4.79 Å². The Morgan fingerprint density at radius 3 is 2.55 bits per heavy atom. The predicted molar refractivity (Wildman–Crippen MR) is 78.0 cm³/mol. The Hall–Kier alpha value is -2.56. The zero-order valence-corrected chi connectivity index (χ0v) is 12.2. The number of hydrogen-bond acceptors (Lipinski definition) is 3. The van der Waals surface area contributed by atoms with Gasteiger partial charge in [0.15, 0.2) is 5.75 Å². The van der Waals surface area contributed by atoms with E-state index in [1.165, 1.54) is 12.1 Å². The van der Waals surface area contributed by atoms with Crippen molar-refractivity contribution in [3.8, 4) is 17.2 Å². The van der Waals surface area contributed by atoms with Crippen molar-refractivity contribution < 1.29 is 24.1 Å². The number of carboxylic acid groups (broad SMARTS) is 1. The first-order chi connectivity index (χ1) is 10.4. The molecule has 0 amide bonds. The fourth-order valence-corrected chi connectivity index (χ4v) is 2.89. The van der Waals surface area contributed by atoms with Gasteiger partial charge in [-0.2, -0.15) is 0 Å². The summed E-state index contributed by atoms with van der Waals surface area (Å²) >= 11 is 0. The Morgan fingerprint density at radius 1 is 1.18 bits per heavy atom. The van der Waals surface area contributed by atoms with Crippen LogP contribution in [0.1, 0.15) is 30.9 Å². The Morgan fingerprint density at radius 2 is 1.86 bits per heavy atom. The fourth-order valence-electron chi connectivity index (χ4n) is 2.89. The fraction of sp³-hybridized carbons (Fsp3) is 0.235. The summed E-state index contributed by atoms with van der Waals surface area (Å²) in [6, 6.07) is 11.8. The van der Waals surface area contributed by atoms with Crippen molar-refractivity contribution >= 4 is 5.97 Å². The number of fused-ring (bicyclic) bond motifs is 2. The van der Waals surface area contributed by atoms with E-state index in [0.29, 0.717) is 17.1 Å². The number of aliphatic carboxylic acids is 1. The van der Waals surface area contributed by atoms with Gasteiger partial charge in [-0.05, 0) is 26.0 Å². The average molecular weight is 302 g/mol. The molecule has 4 nitrogen and oxygen atoms in total. The highest BCUT2D eigenvalue weighted by Crippen LogP contribution is 2.52. The third kappa shape index (κ3) is 2.09. The summed E-state index contributed by atoms with van der Waals surface area (Å²) in [6.07, 6.45) is 0. The van der Waals surface area contributed by atoms with E-state index in [0.717, 1.165) is 5.56 Å². The van der Waals surface area contributed by atoms with E-state index in [9.17, 15) is 14.4 Å². The smallest absolute Gasteiger partial charge is 0.310 e. The molecule has 1 unspecified atom stereocenters. The van der Waals surface area contributed by atoms with Gasteiger partial charge < -0.3 is 9.84 Å². The minimum atomic E-state index is -1.05. The molecule has 114 valence electrons. The summed E-state index contributed by atoms with van der Waals surface area (Å²) in [6.45, 7) is 3.34. The van der Waals surface area contributed by atoms with Crippen LogP contribution in [0.15, 0.2) is 42.5 Å². The topological polar surface area (TPSA) is 55.8 Å². The molecule has 0 aromatic heterocycles. The summed E-state index contributed by atoms with van der Waals surface area (Å²) in [5.74, 6) is -0.312. The Kier molecular flexibility index (Phi) is 3.28. The molecule has 2 aromatic carbocycles. The predicted octanol–water partition coefficient (Wildman–Crippen LogP) is 4.30. The molecule has 2 aromatic rings. The molecule has 22 heavy (non-hydrogen) atoms. The van der Waals surface area contributed by atoms with E-state index < -0.39 is 17.3 Å². The Bertz CT molecular complexity index is 739. The molecular formula is C17H15FO4. The van der Waals surface area contributed by atoms with Gasteiger partial charge in [0.25, 0.3) is 0 Å². The summed E-state index contributed by atoms with van der Waals surface area (Å²) in [5, 5.41) is 9.62. The first-order valence-electron chi connectivity index (χ1n) is 6.88. The van der Waals surface area contributed by atoms with Crippen LogP contribution in [0, 0.1) is 5.41 Å². The van der Waals surface area contributed by atoms with E-state index >= 15 is 0 Å². The number of hydrogen-bond donors (Lipinski definition) is 1. The van der Waals surface area contributed by atoms with Crippen LogP contribution in [0.2, 0.25) is 0 Å². The van der Waals surface area contributed by atoms with Crippen LogP contribution in [0.5, 0.6) is 17.2 Å². The Labute approximate surface area is 127 Å². The quantitative estimate of drug-likeness (QED) is 0.918. The van der Waals surface area contributed by atoms with Gasteiger partial charge in [-0.3, -0.25) is 9.74 Å². The molecule has 0 radical (unpaired) electrons. The van der Waals surface area contributed by atoms with E-state index in [1.54, 1.807) is 26.0 Å². The molecular weight excluding hydrogens is 287 g/mol. The van der Waals surface area contributed by atoms with Crippen LogP contribution in [0.4, 0.5) is 4.53 Å². The molecule has 1 heterocycles. The third-order valence-corrected chi connectivity index (χ3v) is 4.11. The number of carbonyl (C=O) groups is 1. The van der Waals surface area contributed by atoms with Gasteiger partial charge in [0.05, 0.1) is 5.41 Å². The molecule has 0 aliphatic carbocycles. The molecule has 5 heteroatoms. The van der Waals surface area contributed by atoms with Crippen LogP contribution < -0.4 is 9.68 Å². The molecule has 1 N–H and O–H groups in total. The minimum absolute atomic E-state index is 0.0185. The molecule has 1 aliphatic heterocycles. The first-order valence-corrected chi connectivity index (χ1v) is 6.88. The standard InChI is InChI=1S/C17H15FO4/c1-17(2,16(19)20)15-11-5-3-4-6-13(11)21-14-9-10(22-18)7-8-12(14)15/h3-9,15H,1-2H3,(H,19,20). The second-order valence-electron chi connectivity index (χ2n) is 5.88. The molecule has 0 bridgehead atoms. The number of carboxylic acids is 1. The second kappa shape index (κ2) is 5.02. The Balaban J connectivity index is 2.23. The maximum Gasteiger partial charge on any atom is 0.310 e. The molecule has 0 fully saturated rings. The van der Waals surface area contributed by atoms with E-state index in [4.69, 9.17) is 4.74 Å². The molecule has 1 aliphatic rings. The van der Waals surface area contributed by atoms with E-state index in [-0.39, 0.29) is 5.75 Å². The maximum absolute atomic E-state index is 12.4. The monoisotopic (exact) mass is 302 g/mol. The maximum atomic E-state index is 12.4. The minimum Gasteiger partial charge on any atom is -0.481 e. The number of para-hydroxylation sites is 1. The number of rotatable bonds is 3. The van der Waals surface area contributed by atoms with Gasteiger partial charge in [-0.25, -0.2) is 0 Å². The van der Waals surface area contributed by atoms with Crippen molar-refractivity contribution in [3.05, 3.63) is 53.6 Å². The molecule has 1 atom stereocenters.